The van der Waals surface area contributed by atoms with E-state index in [4.69, 9.17) is 5.73 Å². The van der Waals surface area contributed by atoms with Crippen molar-refractivity contribution in [2.24, 2.45) is 16.6 Å². The highest BCUT2D eigenvalue weighted by Crippen LogP contribution is 2.24. The van der Waals surface area contributed by atoms with E-state index in [2.05, 4.69) is 16.8 Å². The molecule has 1 saturated carbocycles. The van der Waals surface area contributed by atoms with Crippen LogP contribution in [-0.2, 0) is 0 Å². The molecule has 2 fully saturated rings. The van der Waals surface area contributed by atoms with E-state index in [0.29, 0.717) is 6.04 Å². The fraction of sp³-hybridized carbons (Fsp3) is 0.909. The molecule has 1 unspecified atom stereocenters. The zero-order chi connectivity index (χ0) is 9.97. The lowest BCUT2D eigenvalue weighted by molar-refractivity contribution is 0.419. The van der Waals surface area contributed by atoms with Gasteiger partial charge >= 0.3 is 0 Å². The molecule has 1 saturated heterocycles. The lowest BCUT2D eigenvalue weighted by Gasteiger charge is -2.21. The van der Waals surface area contributed by atoms with Crippen LogP contribution in [0.5, 0.6) is 0 Å². The molecule has 0 aromatic rings. The molecule has 1 aliphatic heterocycles. The fourth-order valence-electron chi connectivity index (χ4n) is 1.96. The van der Waals surface area contributed by atoms with Gasteiger partial charge in [-0.3, -0.25) is 0 Å². The van der Waals surface area contributed by atoms with Gasteiger partial charge in [-0.2, -0.15) is 0 Å². The van der Waals surface area contributed by atoms with Crippen LogP contribution in [0.4, 0.5) is 0 Å². The maximum absolute atomic E-state index is 5.98. The van der Waals surface area contributed by atoms with Crippen molar-refractivity contribution >= 4 is 5.96 Å². The lowest BCUT2D eigenvalue weighted by Crippen LogP contribution is -2.38. The SMILES string of the molecule is CC1CCCN(C(N)=NC2CC2)CC1. The number of guanidine groups is 1. The molecule has 2 N–H and O–H groups in total. The molecule has 3 heteroatoms. The Balaban J connectivity index is 1.88. The Bertz CT molecular complexity index is 221. The second-order valence-electron chi connectivity index (χ2n) is 4.74. The number of rotatable bonds is 1. The molecule has 3 nitrogen and oxygen atoms in total. The van der Waals surface area contributed by atoms with Crippen LogP contribution in [0.2, 0.25) is 0 Å². The zero-order valence-corrected chi connectivity index (χ0v) is 9.08. The average Bonchev–Trinajstić information content (AvgIpc) is 2.93. The van der Waals surface area contributed by atoms with E-state index in [-0.39, 0.29) is 0 Å². The van der Waals surface area contributed by atoms with Crippen LogP contribution in [0.25, 0.3) is 0 Å². The van der Waals surface area contributed by atoms with Crippen LogP contribution in [-0.4, -0.2) is 30.0 Å². The van der Waals surface area contributed by atoms with Gasteiger partial charge in [0.05, 0.1) is 6.04 Å². The van der Waals surface area contributed by atoms with Crippen molar-refractivity contribution in [1.82, 2.24) is 4.90 Å². The van der Waals surface area contributed by atoms with Gasteiger partial charge in [0.2, 0.25) is 0 Å². The van der Waals surface area contributed by atoms with Crippen LogP contribution in [0.3, 0.4) is 0 Å². The summed E-state index contributed by atoms with van der Waals surface area (Å²) in [6.07, 6.45) is 6.35. The summed E-state index contributed by atoms with van der Waals surface area (Å²) in [7, 11) is 0. The van der Waals surface area contributed by atoms with Crippen LogP contribution >= 0.6 is 0 Å². The maximum atomic E-state index is 5.98. The molecular weight excluding hydrogens is 174 g/mol. The fourth-order valence-corrected chi connectivity index (χ4v) is 1.96. The van der Waals surface area contributed by atoms with Gasteiger partial charge in [-0.1, -0.05) is 6.92 Å². The van der Waals surface area contributed by atoms with Crippen molar-refractivity contribution in [2.45, 2.75) is 45.1 Å². The summed E-state index contributed by atoms with van der Waals surface area (Å²) < 4.78 is 0. The third-order valence-electron chi connectivity index (χ3n) is 3.20. The van der Waals surface area contributed by atoms with E-state index in [1.54, 1.807) is 0 Å². The molecule has 1 aliphatic carbocycles. The molecule has 0 amide bonds. The molecule has 0 bridgehead atoms. The van der Waals surface area contributed by atoms with Crippen LogP contribution in [0.15, 0.2) is 4.99 Å². The molecule has 0 aromatic heterocycles. The Labute approximate surface area is 86.4 Å². The van der Waals surface area contributed by atoms with E-state index in [9.17, 15) is 0 Å². The Kier molecular flexibility index (Phi) is 2.94. The second kappa shape index (κ2) is 4.20. The minimum atomic E-state index is 0.552. The number of aliphatic imine (C=N–C) groups is 1. The smallest absolute Gasteiger partial charge is 0.191 e. The van der Waals surface area contributed by atoms with E-state index in [1.807, 2.05) is 0 Å². The molecule has 80 valence electrons. The number of hydrogen-bond donors (Lipinski definition) is 1. The first-order chi connectivity index (χ1) is 6.75. The molecule has 14 heavy (non-hydrogen) atoms. The van der Waals surface area contributed by atoms with E-state index < -0.39 is 0 Å². The standard InChI is InChI=1S/C11H21N3/c1-9-3-2-7-14(8-6-9)11(12)13-10-4-5-10/h9-10H,2-8H2,1H3,(H2,12,13). The summed E-state index contributed by atoms with van der Waals surface area (Å²) in [5.41, 5.74) is 5.98. The summed E-state index contributed by atoms with van der Waals surface area (Å²) in [6, 6.07) is 0.552. The van der Waals surface area contributed by atoms with E-state index in [1.165, 1.54) is 32.1 Å². The predicted molar refractivity (Wildman–Crippen MR) is 59.2 cm³/mol. The summed E-state index contributed by atoms with van der Waals surface area (Å²) in [4.78, 5) is 6.76. The highest BCUT2D eigenvalue weighted by atomic mass is 15.3. The highest BCUT2D eigenvalue weighted by molar-refractivity contribution is 5.78. The summed E-state index contributed by atoms with van der Waals surface area (Å²) >= 11 is 0. The van der Waals surface area contributed by atoms with Crippen molar-refractivity contribution < 1.29 is 0 Å². The number of nitrogens with two attached hydrogens (primary N) is 1. The van der Waals surface area contributed by atoms with E-state index >= 15 is 0 Å². The molecule has 2 rings (SSSR count). The molecule has 1 heterocycles. The Morgan fingerprint density at radius 2 is 2.00 bits per heavy atom. The molecule has 0 radical (unpaired) electrons. The van der Waals surface area contributed by atoms with Crippen molar-refractivity contribution in [3.05, 3.63) is 0 Å². The largest absolute Gasteiger partial charge is 0.370 e. The average molecular weight is 195 g/mol. The third kappa shape index (κ3) is 2.63. The summed E-state index contributed by atoms with van der Waals surface area (Å²) in [6.45, 7) is 4.54. The summed E-state index contributed by atoms with van der Waals surface area (Å²) in [5.74, 6) is 1.65. The van der Waals surface area contributed by atoms with Gasteiger partial charge in [0, 0.05) is 13.1 Å². The second-order valence-corrected chi connectivity index (χ2v) is 4.74. The topological polar surface area (TPSA) is 41.6 Å². The van der Waals surface area contributed by atoms with Gasteiger partial charge in [-0.25, -0.2) is 4.99 Å². The zero-order valence-electron chi connectivity index (χ0n) is 9.08. The molecule has 0 aromatic carbocycles. The first-order valence-electron chi connectivity index (χ1n) is 5.84. The number of hydrogen-bond acceptors (Lipinski definition) is 1. The number of likely N-dealkylation sites (tertiary alicyclic amines) is 1. The highest BCUT2D eigenvalue weighted by Gasteiger charge is 2.22. The molecular formula is C11H21N3. The first-order valence-corrected chi connectivity index (χ1v) is 5.84. The van der Waals surface area contributed by atoms with Gasteiger partial charge in [0.25, 0.3) is 0 Å². The first kappa shape index (κ1) is 9.81. The Hall–Kier alpha value is -0.730. The maximum Gasteiger partial charge on any atom is 0.191 e. The van der Waals surface area contributed by atoms with Gasteiger partial charge < -0.3 is 10.6 Å². The van der Waals surface area contributed by atoms with Crippen LogP contribution in [0, 0.1) is 5.92 Å². The predicted octanol–water partition coefficient (Wildman–Crippen LogP) is 1.59. The van der Waals surface area contributed by atoms with Crippen LogP contribution in [0.1, 0.15) is 39.0 Å². The molecule has 2 aliphatic rings. The van der Waals surface area contributed by atoms with Crippen LogP contribution < -0.4 is 5.73 Å². The van der Waals surface area contributed by atoms with Crippen molar-refractivity contribution in [1.29, 1.82) is 0 Å². The van der Waals surface area contributed by atoms with Gasteiger partial charge in [-0.15, -0.1) is 0 Å². The molecule has 1 atom stereocenters. The van der Waals surface area contributed by atoms with Crippen molar-refractivity contribution in [2.75, 3.05) is 13.1 Å². The third-order valence-corrected chi connectivity index (χ3v) is 3.20. The van der Waals surface area contributed by atoms with Crippen molar-refractivity contribution in [3.63, 3.8) is 0 Å². The van der Waals surface area contributed by atoms with Crippen molar-refractivity contribution in [3.8, 4) is 0 Å². The Morgan fingerprint density at radius 3 is 2.71 bits per heavy atom. The monoisotopic (exact) mass is 195 g/mol. The summed E-state index contributed by atoms with van der Waals surface area (Å²) in [5, 5.41) is 0. The van der Waals surface area contributed by atoms with Gasteiger partial charge in [0.15, 0.2) is 5.96 Å². The van der Waals surface area contributed by atoms with Gasteiger partial charge in [0.1, 0.15) is 0 Å². The minimum Gasteiger partial charge on any atom is -0.370 e. The quantitative estimate of drug-likeness (QED) is 0.510. The van der Waals surface area contributed by atoms with Gasteiger partial charge in [-0.05, 0) is 38.0 Å². The Morgan fingerprint density at radius 1 is 1.21 bits per heavy atom. The molecule has 0 spiro atoms. The van der Waals surface area contributed by atoms with E-state index in [0.717, 1.165) is 25.0 Å². The normalized spacial score (nSPS) is 30.2. The minimum absolute atomic E-state index is 0.552. The lowest BCUT2D eigenvalue weighted by atomic mass is 10.0. The number of nitrogens with zero attached hydrogens (tertiary/aromatic N) is 2.